The summed E-state index contributed by atoms with van der Waals surface area (Å²) in [7, 11) is -3.59. The van der Waals surface area contributed by atoms with E-state index < -0.39 is 10.0 Å². The highest BCUT2D eigenvalue weighted by atomic mass is 32.2. The lowest BCUT2D eigenvalue weighted by atomic mass is 10.1. The van der Waals surface area contributed by atoms with Crippen molar-refractivity contribution in [3.63, 3.8) is 0 Å². The molecule has 0 saturated carbocycles. The first-order valence-corrected chi connectivity index (χ1v) is 7.91. The molecule has 6 heteroatoms. The standard InChI is InChI=1S/C14H19N3O2S/c1-10(2)17-9-14(8-15-17)20(18,19)16-13-6-11(3)5-12(4)7-13/h5-10,16H,1-4H3. The van der Waals surface area contributed by atoms with E-state index in [0.717, 1.165) is 11.1 Å². The van der Waals surface area contributed by atoms with Crippen molar-refractivity contribution in [1.82, 2.24) is 9.78 Å². The molecule has 1 heterocycles. The molecule has 0 bridgehead atoms. The zero-order chi connectivity index (χ0) is 14.9. The van der Waals surface area contributed by atoms with Crippen molar-refractivity contribution in [1.29, 1.82) is 0 Å². The third kappa shape index (κ3) is 3.19. The number of nitrogens with one attached hydrogen (secondary N) is 1. The lowest BCUT2D eigenvalue weighted by Gasteiger charge is -2.08. The number of aryl methyl sites for hydroxylation is 2. The number of rotatable bonds is 4. The number of hydrogen-bond acceptors (Lipinski definition) is 3. The number of benzene rings is 1. The number of hydrogen-bond donors (Lipinski definition) is 1. The highest BCUT2D eigenvalue weighted by molar-refractivity contribution is 7.92. The average molecular weight is 293 g/mol. The van der Waals surface area contributed by atoms with Gasteiger partial charge >= 0.3 is 0 Å². The van der Waals surface area contributed by atoms with Gasteiger partial charge in [-0.2, -0.15) is 5.10 Å². The second kappa shape index (κ2) is 5.28. The maximum atomic E-state index is 12.3. The average Bonchev–Trinajstić information content (AvgIpc) is 2.76. The largest absolute Gasteiger partial charge is 0.280 e. The van der Waals surface area contributed by atoms with Crippen molar-refractivity contribution in [2.24, 2.45) is 0 Å². The molecule has 1 N–H and O–H groups in total. The summed E-state index contributed by atoms with van der Waals surface area (Å²) in [5, 5.41) is 4.06. The predicted molar refractivity (Wildman–Crippen MR) is 79.3 cm³/mol. The van der Waals surface area contributed by atoms with Crippen LogP contribution in [-0.2, 0) is 10.0 Å². The quantitative estimate of drug-likeness (QED) is 0.942. The molecule has 0 atom stereocenters. The molecule has 0 fully saturated rings. The van der Waals surface area contributed by atoms with Gasteiger partial charge in [-0.15, -0.1) is 0 Å². The molecular formula is C14H19N3O2S. The maximum absolute atomic E-state index is 12.3. The van der Waals surface area contributed by atoms with Gasteiger partial charge in [0.25, 0.3) is 10.0 Å². The smallest absolute Gasteiger partial charge is 0.265 e. The molecule has 5 nitrogen and oxygen atoms in total. The SMILES string of the molecule is Cc1cc(C)cc(NS(=O)(=O)c2cnn(C(C)C)c2)c1. The Kier molecular flexibility index (Phi) is 3.85. The zero-order valence-electron chi connectivity index (χ0n) is 12.1. The fourth-order valence-electron chi connectivity index (χ4n) is 1.99. The summed E-state index contributed by atoms with van der Waals surface area (Å²) in [6, 6.07) is 5.73. The van der Waals surface area contributed by atoms with E-state index in [9.17, 15) is 8.42 Å². The van der Waals surface area contributed by atoms with Gasteiger partial charge in [0, 0.05) is 17.9 Å². The van der Waals surface area contributed by atoms with Crippen LogP contribution in [-0.4, -0.2) is 18.2 Å². The van der Waals surface area contributed by atoms with Gasteiger partial charge in [-0.05, 0) is 51.0 Å². The van der Waals surface area contributed by atoms with E-state index in [1.54, 1.807) is 16.8 Å². The third-order valence-corrected chi connectivity index (χ3v) is 4.23. The van der Waals surface area contributed by atoms with Crippen LogP contribution < -0.4 is 4.72 Å². The van der Waals surface area contributed by atoms with E-state index in [2.05, 4.69) is 9.82 Å². The summed E-state index contributed by atoms with van der Waals surface area (Å²) in [5.74, 6) is 0. The van der Waals surface area contributed by atoms with Gasteiger partial charge in [-0.1, -0.05) is 6.07 Å². The van der Waals surface area contributed by atoms with Gasteiger partial charge in [-0.3, -0.25) is 9.40 Å². The van der Waals surface area contributed by atoms with Crippen LogP contribution in [0.25, 0.3) is 0 Å². The van der Waals surface area contributed by atoms with Crippen molar-refractivity contribution in [3.05, 3.63) is 41.7 Å². The van der Waals surface area contributed by atoms with Gasteiger partial charge < -0.3 is 0 Å². The van der Waals surface area contributed by atoms with E-state index >= 15 is 0 Å². The Morgan fingerprint density at radius 2 is 1.75 bits per heavy atom. The minimum Gasteiger partial charge on any atom is -0.280 e. The molecule has 1 aromatic heterocycles. The van der Waals surface area contributed by atoms with Crippen molar-refractivity contribution < 1.29 is 8.42 Å². The number of anilines is 1. The Morgan fingerprint density at radius 3 is 2.25 bits per heavy atom. The molecule has 20 heavy (non-hydrogen) atoms. The first kappa shape index (κ1) is 14.6. The van der Waals surface area contributed by atoms with Crippen LogP contribution in [0.3, 0.4) is 0 Å². The van der Waals surface area contributed by atoms with Crippen LogP contribution in [0, 0.1) is 13.8 Å². The Labute approximate surface area is 119 Å². The van der Waals surface area contributed by atoms with E-state index in [-0.39, 0.29) is 10.9 Å². The molecule has 0 saturated heterocycles. The van der Waals surface area contributed by atoms with Crippen LogP contribution >= 0.6 is 0 Å². The lowest BCUT2D eigenvalue weighted by molar-refractivity contribution is 0.531. The zero-order valence-corrected chi connectivity index (χ0v) is 12.9. The Hall–Kier alpha value is -1.82. The summed E-state index contributed by atoms with van der Waals surface area (Å²) >= 11 is 0. The minimum absolute atomic E-state index is 0.125. The molecule has 0 unspecified atom stereocenters. The second-order valence-corrected chi connectivity index (χ2v) is 6.91. The van der Waals surface area contributed by atoms with Crippen LogP contribution in [0.1, 0.15) is 31.0 Å². The number of nitrogens with zero attached hydrogens (tertiary/aromatic N) is 2. The first-order valence-electron chi connectivity index (χ1n) is 6.43. The lowest BCUT2D eigenvalue weighted by Crippen LogP contribution is -2.12. The topological polar surface area (TPSA) is 64.0 Å². The number of aromatic nitrogens is 2. The normalized spacial score (nSPS) is 11.8. The second-order valence-electron chi connectivity index (χ2n) is 5.23. The molecule has 0 amide bonds. The fraction of sp³-hybridized carbons (Fsp3) is 0.357. The van der Waals surface area contributed by atoms with Crippen LogP contribution in [0.2, 0.25) is 0 Å². The van der Waals surface area contributed by atoms with Crippen molar-refractivity contribution in [3.8, 4) is 0 Å². The highest BCUT2D eigenvalue weighted by Gasteiger charge is 2.17. The van der Waals surface area contributed by atoms with Crippen LogP contribution in [0.4, 0.5) is 5.69 Å². The summed E-state index contributed by atoms with van der Waals surface area (Å²) in [5.41, 5.74) is 2.60. The van der Waals surface area contributed by atoms with Gasteiger partial charge in [0.05, 0.1) is 6.20 Å². The molecular weight excluding hydrogens is 274 g/mol. The van der Waals surface area contributed by atoms with E-state index in [1.165, 1.54) is 12.4 Å². The predicted octanol–water partition coefficient (Wildman–Crippen LogP) is 2.88. The molecule has 2 rings (SSSR count). The molecule has 2 aromatic rings. The minimum atomic E-state index is -3.59. The summed E-state index contributed by atoms with van der Waals surface area (Å²) in [4.78, 5) is 0.172. The van der Waals surface area contributed by atoms with Gasteiger partial charge in [0.15, 0.2) is 0 Å². The van der Waals surface area contributed by atoms with Crippen LogP contribution in [0.5, 0.6) is 0 Å². The summed E-state index contributed by atoms with van der Waals surface area (Å²) in [6.07, 6.45) is 2.90. The monoisotopic (exact) mass is 293 g/mol. The molecule has 0 spiro atoms. The van der Waals surface area contributed by atoms with Crippen molar-refractivity contribution in [2.45, 2.75) is 38.6 Å². The summed E-state index contributed by atoms with van der Waals surface area (Å²) in [6.45, 7) is 7.75. The first-order chi connectivity index (χ1) is 9.28. The number of sulfonamides is 1. The molecule has 0 aliphatic carbocycles. The van der Waals surface area contributed by atoms with Gasteiger partial charge in [-0.25, -0.2) is 8.42 Å². The fourth-order valence-corrected chi connectivity index (χ4v) is 2.97. The Balaban J connectivity index is 2.30. The van der Waals surface area contributed by atoms with Crippen LogP contribution in [0.15, 0.2) is 35.5 Å². The molecule has 0 aliphatic rings. The Bertz CT molecular complexity index is 698. The van der Waals surface area contributed by atoms with E-state index in [1.807, 2.05) is 33.8 Å². The summed E-state index contributed by atoms with van der Waals surface area (Å²) < 4.78 is 28.8. The maximum Gasteiger partial charge on any atom is 0.265 e. The highest BCUT2D eigenvalue weighted by Crippen LogP contribution is 2.19. The molecule has 0 radical (unpaired) electrons. The molecule has 108 valence electrons. The third-order valence-electron chi connectivity index (χ3n) is 2.89. The van der Waals surface area contributed by atoms with Crippen molar-refractivity contribution in [2.75, 3.05) is 4.72 Å². The van der Waals surface area contributed by atoms with Gasteiger partial charge in [0.2, 0.25) is 0 Å². The van der Waals surface area contributed by atoms with E-state index in [0.29, 0.717) is 5.69 Å². The molecule has 1 aromatic carbocycles. The Morgan fingerprint density at radius 1 is 1.15 bits per heavy atom. The van der Waals surface area contributed by atoms with Gasteiger partial charge in [0.1, 0.15) is 4.90 Å². The molecule has 0 aliphatic heterocycles. The van der Waals surface area contributed by atoms with E-state index in [4.69, 9.17) is 0 Å². The van der Waals surface area contributed by atoms with Crippen molar-refractivity contribution >= 4 is 15.7 Å².